The van der Waals surface area contributed by atoms with E-state index in [1.54, 1.807) is 20.8 Å². The summed E-state index contributed by atoms with van der Waals surface area (Å²) in [6.45, 7) is 7.52. The molecule has 0 radical (unpaired) electrons. The summed E-state index contributed by atoms with van der Waals surface area (Å²) in [6, 6.07) is 0. The summed E-state index contributed by atoms with van der Waals surface area (Å²) in [4.78, 5) is 10.4. The maximum Gasteiger partial charge on any atom is 0.303 e. The molecule has 0 heterocycles. The van der Waals surface area contributed by atoms with E-state index in [1.165, 1.54) is 0 Å². The van der Waals surface area contributed by atoms with Gasteiger partial charge in [-0.3, -0.25) is 4.79 Å². The standard InChI is InChI=1S/C11H24N2O4S/c1-9(5-6-10(14)15)7-8-12-18(16,17)13-11(2,3)4/h9,12-13H,5-8H2,1-4H3,(H,14,15). The monoisotopic (exact) mass is 280 g/mol. The molecule has 0 aromatic carbocycles. The molecule has 6 nitrogen and oxygen atoms in total. The summed E-state index contributed by atoms with van der Waals surface area (Å²) in [5.74, 6) is -0.643. The Labute approximate surface area is 109 Å². The number of hydrogen-bond donors (Lipinski definition) is 3. The van der Waals surface area contributed by atoms with E-state index in [4.69, 9.17) is 5.11 Å². The van der Waals surface area contributed by atoms with E-state index in [2.05, 4.69) is 9.44 Å². The van der Waals surface area contributed by atoms with Crippen LogP contribution in [0.1, 0.15) is 47.0 Å². The van der Waals surface area contributed by atoms with Gasteiger partial charge >= 0.3 is 5.97 Å². The minimum Gasteiger partial charge on any atom is -0.481 e. The lowest BCUT2D eigenvalue weighted by atomic mass is 10.0. The highest BCUT2D eigenvalue weighted by atomic mass is 32.2. The molecule has 0 spiro atoms. The van der Waals surface area contributed by atoms with Gasteiger partial charge in [0.05, 0.1) is 0 Å². The average molecular weight is 280 g/mol. The highest BCUT2D eigenvalue weighted by Gasteiger charge is 2.19. The first kappa shape index (κ1) is 17.3. The molecule has 3 N–H and O–H groups in total. The number of rotatable bonds is 8. The second kappa shape index (κ2) is 7.06. The number of nitrogens with one attached hydrogen (secondary N) is 2. The highest BCUT2D eigenvalue weighted by Crippen LogP contribution is 2.09. The van der Waals surface area contributed by atoms with E-state index in [-0.39, 0.29) is 12.3 Å². The summed E-state index contributed by atoms with van der Waals surface area (Å²) in [7, 11) is -3.48. The van der Waals surface area contributed by atoms with Crippen LogP contribution in [0.5, 0.6) is 0 Å². The first-order valence-corrected chi connectivity index (χ1v) is 7.50. The van der Waals surface area contributed by atoms with Crippen molar-refractivity contribution in [2.24, 2.45) is 5.92 Å². The molecule has 0 amide bonds. The van der Waals surface area contributed by atoms with Crippen molar-refractivity contribution in [2.75, 3.05) is 6.54 Å². The van der Waals surface area contributed by atoms with Crippen LogP contribution in [0, 0.1) is 5.92 Å². The van der Waals surface area contributed by atoms with Crippen LogP contribution in [0.4, 0.5) is 0 Å². The van der Waals surface area contributed by atoms with Crippen molar-refractivity contribution in [1.29, 1.82) is 0 Å². The molecule has 0 saturated heterocycles. The van der Waals surface area contributed by atoms with Crippen molar-refractivity contribution in [3.63, 3.8) is 0 Å². The Morgan fingerprint density at radius 2 is 1.83 bits per heavy atom. The fraction of sp³-hybridized carbons (Fsp3) is 0.909. The predicted octanol–water partition coefficient (Wildman–Crippen LogP) is 1.10. The van der Waals surface area contributed by atoms with Gasteiger partial charge in [-0.2, -0.15) is 13.1 Å². The fourth-order valence-electron chi connectivity index (χ4n) is 1.39. The summed E-state index contributed by atoms with van der Waals surface area (Å²) < 4.78 is 28.1. The van der Waals surface area contributed by atoms with Gasteiger partial charge in [0.1, 0.15) is 0 Å². The zero-order valence-corrected chi connectivity index (χ0v) is 12.3. The minimum atomic E-state index is -3.48. The third-order valence-corrected chi connectivity index (χ3v) is 3.69. The number of carbonyl (C=O) groups is 1. The van der Waals surface area contributed by atoms with Gasteiger partial charge in [-0.15, -0.1) is 0 Å². The van der Waals surface area contributed by atoms with Gasteiger partial charge in [0.25, 0.3) is 10.2 Å². The zero-order chi connectivity index (χ0) is 14.4. The number of carboxylic acid groups (broad SMARTS) is 1. The Bertz CT molecular complexity index is 360. The van der Waals surface area contributed by atoms with Gasteiger partial charge < -0.3 is 5.11 Å². The predicted molar refractivity (Wildman–Crippen MR) is 70.5 cm³/mol. The van der Waals surface area contributed by atoms with Gasteiger partial charge in [0.2, 0.25) is 0 Å². The summed E-state index contributed by atoms with van der Waals surface area (Å²) >= 11 is 0. The lowest BCUT2D eigenvalue weighted by molar-refractivity contribution is -0.137. The van der Waals surface area contributed by atoms with Crippen molar-refractivity contribution in [1.82, 2.24) is 9.44 Å². The Morgan fingerprint density at radius 3 is 2.28 bits per heavy atom. The maximum absolute atomic E-state index is 11.6. The smallest absolute Gasteiger partial charge is 0.303 e. The fourth-order valence-corrected chi connectivity index (χ4v) is 2.66. The third-order valence-electron chi connectivity index (χ3n) is 2.22. The number of carboxylic acids is 1. The maximum atomic E-state index is 11.6. The van der Waals surface area contributed by atoms with E-state index in [1.807, 2.05) is 6.92 Å². The molecular weight excluding hydrogens is 256 g/mol. The second-order valence-electron chi connectivity index (χ2n) is 5.58. The largest absolute Gasteiger partial charge is 0.481 e. The van der Waals surface area contributed by atoms with Gasteiger partial charge in [-0.1, -0.05) is 6.92 Å². The molecule has 1 atom stereocenters. The quantitative estimate of drug-likeness (QED) is 0.620. The van der Waals surface area contributed by atoms with Gasteiger partial charge in [0, 0.05) is 18.5 Å². The van der Waals surface area contributed by atoms with Crippen LogP contribution < -0.4 is 9.44 Å². The van der Waals surface area contributed by atoms with Crippen LogP contribution in [-0.2, 0) is 15.0 Å². The van der Waals surface area contributed by atoms with Crippen LogP contribution in [0.3, 0.4) is 0 Å². The van der Waals surface area contributed by atoms with Crippen molar-refractivity contribution in [3.8, 4) is 0 Å². The molecule has 0 fully saturated rings. The first-order valence-electron chi connectivity index (χ1n) is 6.02. The molecule has 0 bridgehead atoms. The second-order valence-corrected chi connectivity index (χ2v) is 7.08. The van der Waals surface area contributed by atoms with Crippen molar-refractivity contribution in [3.05, 3.63) is 0 Å². The first-order chi connectivity index (χ1) is 8.02. The van der Waals surface area contributed by atoms with Gasteiger partial charge in [0.15, 0.2) is 0 Å². The van der Waals surface area contributed by atoms with Crippen molar-refractivity contribution >= 4 is 16.2 Å². The van der Waals surface area contributed by atoms with E-state index in [0.29, 0.717) is 19.4 Å². The normalized spacial score (nSPS) is 14.4. The summed E-state index contributed by atoms with van der Waals surface area (Å²) in [5, 5.41) is 8.52. The number of hydrogen-bond acceptors (Lipinski definition) is 3. The SMILES string of the molecule is CC(CCNS(=O)(=O)NC(C)(C)C)CCC(=O)O. The molecule has 0 aliphatic carbocycles. The molecule has 0 aromatic heterocycles. The average Bonchev–Trinajstić information content (AvgIpc) is 2.10. The van der Waals surface area contributed by atoms with E-state index in [9.17, 15) is 13.2 Å². The third kappa shape index (κ3) is 10.5. The van der Waals surface area contributed by atoms with Crippen LogP contribution in [0.15, 0.2) is 0 Å². The Morgan fingerprint density at radius 1 is 1.28 bits per heavy atom. The molecule has 0 aliphatic heterocycles. The lowest BCUT2D eigenvalue weighted by Crippen LogP contribution is -2.47. The van der Waals surface area contributed by atoms with E-state index >= 15 is 0 Å². The number of aliphatic carboxylic acids is 1. The summed E-state index contributed by atoms with van der Waals surface area (Å²) in [5.41, 5.74) is -0.513. The van der Waals surface area contributed by atoms with E-state index < -0.39 is 21.7 Å². The molecule has 108 valence electrons. The topological polar surface area (TPSA) is 95.5 Å². The highest BCUT2D eigenvalue weighted by molar-refractivity contribution is 7.87. The molecule has 0 aliphatic rings. The molecular formula is C11H24N2O4S. The Hall–Kier alpha value is -0.660. The molecule has 0 saturated carbocycles. The molecule has 7 heteroatoms. The van der Waals surface area contributed by atoms with E-state index in [0.717, 1.165) is 0 Å². The van der Waals surface area contributed by atoms with Crippen LogP contribution in [0.2, 0.25) is 0 Å². The Kier molecular flexibility index (Phi) is 6.80. The molecule has 0 aromatic rings. The minimum absolute atomic E-state index is 0.119. The van der Waals surface area contributed by atoms with Gasteiger partial charge in [-0.05, 0) is 39.5 Å². The van der Waals surface area contributed by atoms with Crippen LogP contribution in [-0.4, -0.2) is 31.6 Å². The molecule has 0 rings (SSSR count). The van der Waals surface area contributed by atoms with Gasteiger partial charge in [-0.25, -0.2) is 4.72 Å². The van der Waals surface area contributed by atoms with Crippen molar-refractivity contribution in [2.45, 2.75) is 52.5 Å². The zero-order valence-electron chi connectivity index (χ0n) is 11.5. The van der Waals surface area contributed by atoms with Crippen LogP contribution >= 0.6 is 0 Å². The molecule has 18 heavy (non-hydrogen) atoms. The Balaban J connectivity index is 3.93. The van der Waals surface area contributed by atoms with Crippen LogP contribution in [0.25, 0.3) is 0 Å². The summed E-state index contributed by atoms with van der Waals surface area (Å²) in [6.07, 6.45) is 1.30. The van der Waals surface area contributed by atoms with Crippen molar-refractivity contribution < 1.29 is 18.3 Å². The molecule has 1 unspecified atom stereocenters. The lowest BCUT2D eigenvalue weighted by Gasteiger charge is -2.21.